The maximum absolute atomic E-state index is 12.3. The zero-order valence-corrected chi connectivity index (χ0v) is 12.2. The van der Waals surface area contributed by atoms with Crippen LogP contribution in [-0.4, -0.2) is 28.0 Å². The number of carbonyl (C=O) groups excluding carboxylic acids is 1. The zero-order valence-electron chi connectivity index (χ0n) is 11.4. The van der Waals surface area contributed by atoms with Crippen LogP contribution < -0.4 is 0 Å². The average Bonchev–Trinajstić information content (AvgIpc) is 3.18. The Bertz CT molecular complexity index is 722. The molecule has 3 aromatic rings. The fourth-order valence-corrected chi connectivity index (χ4v) is 2.60. The molecule has 0 aromatic carbocycles. The molecule has 0 aliphatic heterocycles. The first kappa shape index (κ1) is 13.5. The van der Waals surface area contributed by atoms with Gasteiger partial charge in [0.1, 0.15) is 0 Å². The molecular weight excluding hydrogens is 286 g/mol. The molecule has 0 aliphatic rings. The molecule has 6 heteroatoms. The predicted molar refractivity (Wildman–Crippen MR) is 79.9 cm³/mol. The number of amides is 1. The number of hydrogen-bond acceptors (Lipinski definition) is 5. The largest absolute Gasteiger partial charge is 0.355 e. The van der Waals surface area contributed by atoms with Crippen molar-refractivity contribution in [3.63, 3.8) is 0 Å². The van der Waals surface area contributed by atoms with Crippen molar-refractivity contribution in [2.45, 2.75) is 6.54 Å². The van der Waals surface area contributed by atoms with Gasteiger partial charge in [-0.15, -0.1) is 0 Å². The lowest BCUT2D eigenvalue weighted by Crippen LogP contribution is -2.26. The third-order valence-electron chi connectivity index (χ3n) is 3.02. The molecule has 21 heavy (non-hydrogen) atoms. The average molecular weight is 299 g/mol. The van der Waals surface area contributed by atoms with Gasteiger partial charge in [-0.3, -0.25) is 9.78 Å². The van der Waals surface area contributed by atoms with Crippen molar-refractivity contribution >= 4 is 17.2 Å². The fraction of sp³-hybridized carbons (Fsp3) is 0.133. The number of carbonyl (C=O) groups is 1. The van der Waals surface area contributed by atoms with Gasteiger partial charge in [0, 0.05) is 37.6 Å². The van der Waals surface area contributed by atoms with E-state index in [9.17, 15) is 4.79 Å². The van der Waals surface area contributed by atoms with Gasteiger partial charge in [0.05, 0.1) is 0 Å². The summed E-state index contributed by atoms with van der Waals surface area (Å²) >= 11 is 1.61. The van der Waals surface area contributed by atoms with E-state index in [1.807, 2.05) is 29.0 Å². The van der Waals surface area contributed by atoms with Gasteiger partial charge >= 0.3 is 0 Å². The van der Waals surface area contributed by atoms with E-state index in [-0.39, 0.29) is 5.91 Å². The predicted octanol–water partition coefficient (Wildman–Crippen LogP) is 3.07. The molecule has 0 N–H and O–H groups in total. The smallest absolute Gasteiger partial charge is 0.276 e. The Balaban J connectivity index is 1.75. The highest BCUT2D eigenvalue weighted by molar-refractivity contribution is 7.07. The number of pyridine rings is 1. The topological polar surface area (TPSA) is 59.2 Å². The molecule has 0 saturated carbocycles. The van der Waals surface area contributed by atoms with Gasteiger partial charge in [0.2, 0.25) is 0 Å². The van der Waals surface area contributed by atoms with Crippen LogP contribution in [0.4, 0.5) is 0 Å². The molecule has 0 radical (unpaired) electrons. The van der Waals surface area contributed by atoms with E-state index in [4.69, 9.17) is 4.52 Å². The highest BCUT2D eigenvalue weighted by atomic mass is 32.1. The standard InChI is InChI=1S/C15H13N3O2S/c1-18(9-11-4-6-21-10-11)15(19)13-7-14(20-17-13)12-3-2-5-16-8-12/h2-8,10H,9H2,1H3. The van der Waals surface area contributed by atoms with Crippen LogP contribution >= 0.6 is 11.3 Å². The summed E-state index contributed by atoms with van der Waals surface area (Å²) in [5.41, 5.74) is 2.20. The molecule has 0 unspecified atom stereocenters. The Morgan fingerprint density at radius 2 is 2.33 bits per heavy atom. The van der Waals surface area contributed by atoms with Crippen LogP contribution in [0, 0.1) is 0 Å². The number of aromatic nitrogens is 2. The van der Waals surface area contributed by atoms with Crippen molar-refractivity contribution in [1.82, 2.24) is 15.0 Å². The highest BCUT2D eigenvalue weighted by Crippen LogP contribution is 2.20. The normalized spacial score (nSPS) is 10.5. The minimum absolute atomic E-state index is 0.167. The third-order valence-corrected chi connectivity index (χ3v) is 3.75. The van der Waals surface area contributed by atoms with Gasteiger partial charge in [-0.25, -0.2) is 0 Å². The summed E-state index contributed by atoms with van der Waals surface area (Å²) in [5.74, 6) is 0.371. The summed E-state index contributed by atoms with van der Waals surface area (Å²) in [7, 11) is 1.75. The molecule has 0 spiro atoms. The van der Waals surface area contributed by atoms with Gasteiger partial charge < -0.3 is 9.42 Å². The van der Waals surface area contributed by atoms with Gasteiger partial charge in [-0.2, -0.15) is 11.3 Å². The lowest BCUT2D eigenvalue weighted by Gasteiger charge is -2.14. The Kier molecular flexibility index (Phi) is 3.79. The zero-order chi connectivity index (χ0) is 14.7. The second-order valence-electron chi connectivity index (χ2n) is 4.61. The summed E-state index contributed by atoms with van der Waals surface area (Å²) < 4.78 is 5.22. The Hall–Kier alpha value is -2.47. The number of nitrogens with zero attached hydrogens (tertiary/aromatic N) is 3. The van der Waals surface area contributed by atoms with Crippen LogP contribution in [0.25, 0.3) is 11.3 Å². The van der Waals surface area contributed by atoms with Gasteiger partial charge in [-0.1, -0.05) is 5.16 Å². The van der Waals surface area contributed by atoms with Crippen molar-refractivity contribution in [3.05, 3.63) is 58.7 Å². The molecule has 1 amide bonds. The van der Waals surface area contributed by atoms with E-state index in [1.54, 1.807) is 41.7 Å². The third kappa shape index (κ3) is 3.00. The van der Waals surface area contributed by atoms with Crippen LogP contribution in [0.5, 0.6) is 0 Å². The summed E-state index contributed by atoms with van der Waals surface area (Å²) in [6.45, 7) is 0.553. The van der Waals surface area contributed by atoms with Crippen molar-refractivity contribution in [3.8, 4) is 11.3 Å². The lowest BCUT2D eigenvalue weighted by molar-refractivity contribution is 0.0775. The van der Waals surface area contributed by atoms with Crippen molar-refractivity contribution < 1.29 is 9.32 Å². The molecule has 0 atom stereocenters. The van der Waals surface area contributed by atoms with Gasteiger partial charge in [0.15, 0.2) is 11.5 Å². The minimum atomic E-state index is -0.167. The minimum Gasteiger partial charge on any atom is -0.355 e. The number of rotatable bonds is 4. The first-order valence-electron chi connectivity index (χ1n) is 6.37. The molecule has 0 saturated heterocycles. The van der Waals surface area contributed by atoms with Crippen LogP contribution in [0.1, 0.15) is 16.1 Å². The van der Waals surface area contributed by atoms with Crippen molar-refractivity contribution in [1.29, 1.82) is 0 Å². The number of hydrogen-bond donors (Lipinski definition) is 0. The SMILES string of the molecule is CN(Cc1ccsc1)C(=O)c1cc(-c2cccnc2)on1. The van der Waals surface area contributed by atoms with Crippen LogP contribution in [0.15, 0.2) is 51.9 Å². The molecule has 0 bridgehead atoms. The van der Waals surface area contributed by atoms with E-state index in [0.29, 0.717) is 18.0 Å². The Morgan fingerprint density at radius 1 is 1.43 bits per heavy atom. The van der Waals surface area contributed by atoms with Crippen molar-refractivity contribution in [2.75, 3.05) is 7.05 Å². The van der Waals surface area contributed by atoms with Gasteiger partial charge in [-0.05, 0) is 34.5 Å². The maximum Gasteiger partial charge on any atom is 0.276 e. The molecule has 106 valence electrons. The van der Waals surface area contributed by atoms with E-state index >= 15 is 0 Å². The van der Waals surface area contributed by atoms with Gasteiger partial charge in [0.25, 0.3) is 5.91 Å². The fourth-order valence-electron chi connectivity index (χ4n) is 1.94. The summed E-state index contributed by atoms with van der Waals surface area (Å²) in [6, 6.07) is 7.31. The molecular formula is C15H13N3O2S. The highest BCUT2D eigenvalue weighted by Gasteiger charge is 2.18. The molecule has 5 nitrogen and oxygen atoms in total. The summed E-state index contributed by atoms with van der Waals surface area (Å²) in [6.07, 6.45) is 3.35. The van der Waals surface area contributed by atoms with Crippen molar-refractivity contribution in [2.24, 2.45) is 0 Å². The second kappa shape index (κ2) is 5.88. The first-order valence-corrected chi connectivity index (χ1v) is 7.32. The maximum atomic E-state index is 12.3. The summed E-state index contributed by atoms with van der Waals surface area (Å²) in [4.78, 5) is 17.9. The number of thiophene rings is 1. The summed E-state index contributed by atoms with van der Waals surface area (Å²) in [5, 5.41) is 7.86. The molecule has 0 fully saturated rings. The van der Waals surface area contributed by atoms with E-state index in [2.05, 4.69) is 10.1 Å². The van der Waals surface area contributed by atoms with E-state index in [0.717, 1.165) is 11.1 Å². The lowest BCUT2D eigenvalue weighted by atomic mass is 10.2. The Labute approximate surface area is 125 Å². The van der Waals surface area contributed by atoms with Crippen LogP contribution in [0.2, 0.25) is 0 Å². The van der Waals surface area contributed by atoms with E-state index < -0.39 is 0 Å². The second-order valence-corrected chi connectivity index (χ2v) is 5.39. The first-order chi connectivity index (χ1) is 10.2. The Morgan fingerprint density at radius 3 is 3.05 bits per heavy atom. The molecule has 0 aliphatic carbocycles. The molecule has 3 aromatic heterocycles. The molecule has 3 heterocycles. The quantitative estimate of drug-likeness (QED) is 0.743. The van der Waals surface area contributed by atoms with E-state index in [1.165, 1.54) is 0 Å². The monoisotopic (exact) mass is 299 g/mol. The van der Waals surface area contributed by atoms with Crippen LogP contribution in [0.3, 0.4) is 0 Å². The molecule has 3 rings (SSSR count). The van der Waals surface area contributed by atoms with Crippen LogP contribution in [-0.2, 0) is 6.54 Å².